The molecule has 0 spiro atoms. The summed E-state index contributed by atoms with van der Waals surface area (Å²) in [5.74, 6) is 0.685. The summed E-state index contributed by atoms with van der Waals surface area (Å²) in [6, 6.07) is 0.302. The SMILES string of the molecule is CN=C(NCC(C)(C)NS(C)(=O)=O)NC(C)CCC(C)(C)C. The van der Waals surface area contributed by atoms with Gasteiger partial charge in [-0.3, -0.25) is 4.99 Å². The first kappa shape index (κ1) is 21.2. The van der Waals surface area contributed by atoms with E-state index in [1.165, 1.54) is 0 Å². The predicted molar refractivity (Wildman–Crippen MR) is 94.7 cm³/mol. The van der Waals surface area contributed by atoms with Crippen LogP contribution in [0.3, 0.4) is 0 Å². The van der Waals surface area contributed by atoms with Crippen LogP contribution in [0.5, 0.6) is 0 Å². The Morgan fingerprint density at radius 1 is 1.18 bits per heavy atom. The summed E-state index contributed by atoms with van der Waals surface area (Å²) in [6.45, 7) is 12.9. The molecule has 0 aromatic rings. The monoisotopic (exact) mass is 334 g/mol. The number of nitrogens with one attached hydrogen (secondary N) is 3. The van der Waals surface area contributed by atoms with Crippen molar-refractivity contribution in [2.45, 2.75) is 66.0 Å². The van der Waals surface area contributed by atoms with Gasteiger partial charge >= 0.3 is 0 Å². The van der Waals surface area contributed by atoms with Crippen LogP contribution >= 0.6 is 0 Å². The van der Waals surface area contributed by atoms with E-state index in [4.69, 9.17) is 0 Å². The molecule has 1 atom stereocenters. The van der Waals surface area contributed by atoms with Gasteiger partial charge in [-0.15, -0.1) is 0 Å². The Hall–Kier alpha value is -0.820. The number of aliphatic imine (C=N–C) groups is 1. The van der Waals surface area contributed by atoms with Crippen LogP contribution in [0.2, 0.25) is 0 Å². The van der Waals surface area contributed by atoms with Gasteiger partial charge in [-0.1, -0.05) is 20.8 Å². The first-order valence-corrected chi connectivity index (χ1v) is 9.59. The Morgan fingerprint density at radius 3 is 2.14 bits per heavy atom. The number of hydrogen-bond acceptors (Lipinski definition) is 3. The van der Waals surface area contributed by atoms with Gasteiger partial charge in [0.15, 0.2) is 5.96 Å². The van der Waals surface area contributed by atoms with Crippen molar-refractivity contribution in [3.63, 3.8) is 0 Å². The topological polar surface area (TPSA) is 82.6 Å². The van der Waals surface area contributed by atoms with Crippen molar-refractivity contribution in [2.24, 2.45) is 10.4 Å². The van der Waals surface area contributed by atoms with Crippen LogP contribution in [-0.4, -0.2) is 45.8 Å². The quantitative estimate of drug-likeness (QED) is 0.489. The molecule has 132 valence electrons. The van der Waals surface area contributed by atoms with Gasteiger partial charge in [0.2, 0.25) is 10.0 Å². The predicted octanol–water partition coefficient (Wildman–Crippen LogP) is 1.69. The van der Waals surface area contributed by atoms with Crippen molar-refractivity contribution in [3.05, 3.63) is 0 Å². The number of hydrogen-bond donors (Lipinski definition) is 3. The molecule has 0 saturated carbocycles. The molecule has 0 amide bonds. The van der Waals surface area contributed by atoms with Crippen LogP contribution < -0.4 is 15.4 Å². The maximum absolute atomic E-state index is 11.3. The van der Waals surface area contributed by atoms with Crippen molar-refractivity contribution >= 4 is 16.0 Å². The fourth-order valence-electron chi connectivity index (χ4n) is 1.99. The number of sulfonamides is 1. The van der Waals surface area contributed by atoms with Crippen molar-refractivity contribution in [1.29, 1.82) is 0 Å². The molecule has 0 saturated heterocycles. The number of rotatable bonds is 7. The smallest absolute Gasteiger partial charge is 0.209 e. The van der Waals surface area contributed by atoms with Gasteiger partial charge in [-0.25, -0.2) is 13.1 Å². The fourth-order valence-corrected chi connectivity index (χ4v) is 3.07. The average Bonchev–Trinajstić information content (AvgIpc) is 2.28. The van der Waals surface area contributed by atoms with Crippen LogP contribution in [0.4, 0.5) is 0 Å². The Balaban J connectivity index is 4.39. The van der Waals surface area contributed by atoms with Gasteiger partial charge in [0, 0.05) is 25.2 Å². The minimum absolute atomic E-state index is 0.302. The summed E-state index contributed by atoms with van der Waals surface area (Å²) >= 11 is 0. The minimum atomic E-state index is -3.23. The molecule has 0 aromatic heterocycles. The lowest BCUT2D eigenvalue weighted by molar-refractivity contribution is 0.345. The van der Waals surface area contributed by atoms with Crippen molar-refractivity contribution in [1.82, 2.24) is 15.4 Å². The van der Waals surface area contributed by atoms with E-state index in [2.05, 4.69) is 48.0 Å². The third kappa shape index (κ3) is 11.8. The molecule has 22 heavy (non-hydrogen) atoms. The first-order chi connectivity index (χ1) is 9.74. The normalized spacial score (nSPS) is 15.5. The van der Waals surface area contributed by atoms with E-state index in [0.29, 0.717) is 24.0 Å². The van der Waals surface area contributed by atoms with E-state index >= 15 is 0 Å². The summed E-state index contributed by atoms with van der Waals surface area (Å²) in [6.07, 6.45) is 3.34. The second-order valence-electron chi connectivity index (χ2n) is 7.83. The Bertz CT molecular complexity index is 464. The van der Waals surface area contributed by atoms with Crippen molar-refractivity contribution in [2.75, 3.05) is 19.8 Å². The second kappa shape index (κ2) is 8.15. The van der Waals surface area contributed by atoms with Crippen LogP contribution in [-0.2, 0) is 10.0 Å². The largest absolute Gasteiger partial charge is 0.355 e. The van der Waals surface area contributed by atoms with Gasteiger partial charge in [0.1, 0.15) is 0 Å². The molecule has 0 fully saturated rings. The third-order valence-electron chi connectivity index (χ3n) is 3.09. The summed E-state index contributed by atoms with van der Waals surface area (Å²) in [5, 5.41) is 6.51. The molecular weight excluding hydrogens is 300 g/mol. The molecule has 0 radical (unpaired) electrons. The van der Waals surface area contributed by atoms with E-state index in [-0.39, 0.29) is 0 Å². The molecule has 0 bridgehead atoms. The lowest BCUT2D eigenvalue weighted by Gasteiger charge is -2.28. The van der Waals surface area contributed by atoms with Gasteiger partial charge in [-0.05, 0) is 39.0 Å². The molecule has 0 aliphatic heterocycles. The molecule has 3 N–H and O–H groups in total. The summed E-state index contributed by atoms with van der Waals surface area (Å²) in [4.78, 5) is 4.19. The maximum atomic E-state index is 11.3. The summed E-state index contributed by atoms with van der Waals surface area (Å²) < 4.78 is 25.3. The summed E-state index contributed by atoms with van der Waals surface area (Å²) in [5.41, 5.74) is -0.270. The molecule has 0 aliphatic carbocycles. The fraction of sp³-hybridized carbons (Fsp3) is 0.933. The molecule has 7 heteroatoms. The zero-order valence-electron chi connectivity index (χ0n) is 15.4. The molecule has 0 heterocycles. The average molecular weight is 335 g/mol. The highest BCUT2D eigenvalue weighted by atomic mass is 32.2. The second-order valence-corrected chi connectivity index (χ2v) is 9.58. The first-order valence-electron chi connectivity index (χ1n) is 7.70. The molecule has 1 unspecified atom stereocenters. The van der Waals surface area contributed by atoms with E-state index < -0.39 is 15.6 Å². The Labute approximate surface area is 136 Å². The van der Waals surface area contributed by atoms with E-state index in [1.54, 1.807) is 7.05 Å². The Morgan fingerprint density at radius 2 is 1.73 bits per heavy atom. The molecule has 0 rings (SSSR count). The van der Waals surface area contributed by atoms with Crippen molar-refractivity contribution < 1.29 is 8.42 Å². The molecule has 6 nitrogen and oxygen atoms in total. The van der Waals surface area contributed by atoms with E-state index in [0.717, 1.165) is 19.1 Å². The zero-order chi connectivity index (χ0) is 17.6. The lowest BCUT2D eigenvalue weighted by atomic mass is 9.89. The highest BCUT2D eigenvalue weighted by Gasteiger charge is 2.22. The van der Waals surface area contributed by atoms with E-state index in [1.807, 2.05) is 13.8 Å². The van der Waals surface area contributed by atoms with E-state index in [9.17, 15) is 8.42 Å². The molecule has 0 aliphatic rings. The minimum Gasteiger partial charge on any atom is -0.355 e. The van der Waals surface area contributed by atoms with Gasteiger partial charge in [-0.2, -0.15) is 0 Å². The highest BCUT2D eigenvalue weighted by molar-refractivity contribution is 7.88. The zero-order valence-corrected chi connectivity index (χ0v) is 16.2. The molecule has 0 aromatic carbocycles. The summed E-state index contributed by atoms with van der Waals surface area (Å²) in [7, 11) is -1.52. The third-order valence-corrected chi connectivity index (χ3v) is 4.02. The Kier molecular flexibility index (Phi) is 7.85. The van der Waals surface area contributed by atoms with Crippen LogP contribution in [0.15, 0.2) is 4.99 Å². The van der Waals surface area contributed by atoms with Gasteiger partial charge < -0.3 is 10.6 Å². The molecular formula is C15H34N4O2S. The maximum Gasteiger partial charge on any atom is 0.209 e. The number of guanidine groups is 1. The number of nitrogens with zero attached hydrogens (tertiary/aromatic N) is 1. The van der Waals surface area contributed by atoms with Crippen LogP contribution in [0, 0.1) is 5.41 Å². The van der Waals surface area contributed by atoms with Gasteiger partial charge in [0.05, 0.1) is 6.26 Å². The van der Waals surface area contributed by atoms with Gasteiger partial charge in [0.25, 0.3) is 0 Å². The standard InChI is InChI=1S/C15H34N4O2S/c1-12(9-10-14(2,3)4)18-13(16-7)17-11-15(5,6)19-22(8,20)21/h12,19H,9-11H2,1-8H3,(H2,16,17,18). The highest BCUT2D eigenvalue weighted by Crippen LogP contribution is 2.21. The van der Waals surface area contributed by atoms with Crippen LogP contribution in [0.25, 0.3) is 0 Å². The van der Waals surface area contributed by atoms with Crippen molar-refractivity contribution in [3.8, 4) is 0 Å². The lowest BCUT2D eigenvalue weighted by Crippen LogP contribution is -2.53. The van der Waals surface area contributed by atoms with Crippen LogP contribution in [0.1, 0.15) is 54.4 Å².